The van der Waals surface area contributed by atoms with Crippen LogP contribution in [0.25, 0.3) is 0 Å². The molecule has 0 spiro atoms. The summed E-state index contributed by atoms with van der Waals surface area (Å²) in [7, 11) is 0. The van der Waals surface area contributed by atoms with Gasteiger partial charge in [0.05, 0.1) is 0 Å². The Labute approximate surface area is 133 Å². The van der Waals surface area contributed by atoms with Crippen LogP contribution >= 0.6 is 0 Å². The third-order valence-corrected chi connectivity index (χ3v) is 3.88. The molecule has 2 aromatic rings. The fourth-order valence-corrected chi connectivity index (χ4v) is 2.51. The Morgan fingerprint density at radius 3 is 2.52 bits per heavy atom. The Morgan fingerprint density at radius 2 is 1.83 bits per heavy atom. The van der Waals surface area contributed by atoms with Gasteiger partial charge in [0.25, 0.3) is 0 Å². The van der Waals surface area contributed by atoms with E-state index < -0.39 is 11.6 Å². The summed E-state index contributed by atoms with van der Waals surface area (Å²) in [6.07, 6.45) is 1.41. The van der Waals surface area contributed by atoms with E-state index in [-0.39, 0.29) is 5.75 Å². The maximum atomic E-state index is 13.2. The van der Waals surface area contributed by atoms with E-state index in [0.29, 0.717) is 5.88 Å². The predicted molar refractivity (Wildman–Crippen MR) is 82.8 cm³/mol. The third-order valence-electron chi connectivity index (χ3n) is 3.88. The maximum absolute atomic E-state index is 13.2. The van der Waals surface area contributed by atoms with E-state index in [0.717, 1.165) is 50.7 Å². The lowest BCUT2D eigenvalue weighted by Gasteiger charge is -2.34. The summed E-state index contributed by atoms with van der Waals surface area (Å²) in [5.41, 5.74) is 0. The van der Waals surface area contributed by atoms with Gasteiger partial charge in [0.15, 0.2) is 11.6 Å². The molecule has 1 aliphatic rings. The van der Waals surface area contributed by atoms with Crippen LogP contribution in [0.1, 0.15) is 6.92 Å². The number of hydrogen-bond acceptors (Lipinski definition) is 5. The van der Waals surface area contributed by atoms with Crippen molar-refractivity contribution in [3.05, 3.63) is 42.2 Å². The summed E-state index contributed by atoms with van der Waals surface area (Å²) in [5, 5.41) is 0. The molecule has 0 atom stereocenters. The molecule has 1 aromatic carbocycles. The molecule has 23 heavy (non-hydrogen) atoms. The van der Waals surface area contributed by atoms with Crippen LogP contribution in [-0.2, 0) is 0 Å². The van der Waals surface area contributed by atoms with Crippen molar-refractivity contribution in [3.63, 3.8) is 0 Å². The molecule has 3 rings (SSSR count). The molecule has 7 heteroatoms. The van der Waals surface area contributed by atoms with Gasteiger partial charge in [-0.05, 0) is 18.7 Å². The molecule has 0 amide bonds. The predicted octanol–water partition coefficient (Wildman–Crippen LogP) is 2.69. The van der Waals surface area contributed by atoms with Crippen LogP contribution in [-0.4, -0.2) is 47.6 Å². The van der Waals surface area contributed by atoms with Crippen LogP contribution in [0.5, 0.6) is 11.6 Å². The molecule has 0 N–H and O–H groups in total. The van der Waals surface area contributed by atoms with E-state index in [1.54, 1.807) is 6.07 Å². The first-order valence-electron chi connectivity index (χ1n) is 7.58. The van der Waals surface area contributed by atoms with Crippen LogP contribution in [0.3, 0.4) is 0 Å². The number of benzene rings is 1. The van der Waals surface area contributed by atoms with E-state index in [1.807, 2.05) is 0 Å². The van der Waals surface area contributed by atoms with Crippen molar-refractivity contribution in [2.45, 2.75) is 6.92 Å². The summed E-state index contributed by atoms with van der Waals surface area (Å²) in [6.45, 7) is 6.93. The molecule has 1 saturated heterocycles. The van der Waals surface area contributed by atoms with Crippen molar-refractivity contribution in [1.82, 2.24) is 14.9 Å². The zero-order valence-corrected chi connectivity index (χ0v) is 12.9. The summed E-state index contributed by atoms with van der Waals surface area (Å²) >= 11 is 0. The van der Waals surface area contributed by atoms with Crippen LogP contribution in [0.15, 0.2) is 30.6 Å². The first-order valence-corrected chi connectivity index (χ1v) is 7.58. The minimum atomic E-state index is -0.951. The Bertz CT molecular complexity index is 675. The monoisotopic (exact) mass is 320 g/mol. The molecule has 0 radical (unpaired) electrons. The number of piperazine rings is 1. The van der Waals surface area contributed by atoms with Gasteiger partial charge in [0.2, 0.25) is 5.88 Å². The molecule has 122 valence electrons. The van der Waals surface area contributed by atoms with Crippen LogP contribution in [0.2, 0.25) is 0 Å². The third kappa shape index (κ3) is 3.73. The van der Waals surface area contributed by atoms with Crippen molar-refractivity contribution in [3.8, 4) is 11.6 Å². The highest BCUT2D eigenvalue weighted by molar-refractivity contribution is 5.42. The van der Waals surface area contributed by atoms with E-state index in [9.17, 15) is 8.78 Å². The molecule has 1 fully saturated rings. The zero-order chi connectivity index (χ0) is 16.2. The number of ether oxygens (including phenoxy) is 1. The molecular formula is C16H18F2N4O. The zero-order valence-electron chi connectivity index (χ0n) is 12.9. The van der Waals surface area contributed by atoms with E-state index >= 15 is 0 Å². The average Bonchev–Trinajstić information content (AvgIpc) is 2.58. The number of rotatable bonds is 4. The molecular weight excluding hydrogens is 302 g/mol. The van der Waals surface area contributed by atoms with Crippen LogP contribution < -0.4 is 9.64 Å². The average molecular weight is 320 g/mol. The van der Waals surface area contributed by atoms with Gasteiger partial charge in [-0.1, -0.05) is 6.92 Å². The molecule has 0 aliphatic carbocycles. The highest BCUT2D eigenvalue weighted by Crippen LogP contribution is 2.24. The van der Waals surface area contributed by atoms with E-state index in [2.05, 4.69) is 26.7 Å². The fraction of sp³-hybridized carbons (Fsp3) is 0.375. The number of hydrogen-bond donors (Lipinski definition) is 0. The molecule has 1 aliphatic heterocycles. The molecule has 2 heterocycles. The van der Waals surface area contributed by atoms with Crippen molar-refractivity contribution in [2.75, 3.05) is 37.6 Å². The molecule has 0 bridgehead atoms. The molecule has 0 saturated carbocycles. The minimum absolute atomic E-state index is 0.198. The maximum Gasteiger partial charge on any atom is 0.224 e. The Kier molecular flexibility index (Phi) is 4.66. The van der Waals surface area contributed by atoms with Gasteiger partial charge in [0.1, 0.15) is 17.9 Å². The highest BCUT2D eigenvalue weighted by atomic mass is 19.2. The Morgan fingerprint density at radius 1 is 1.04 bits per heavy atom. The van der Waals surface area contributed by atoms with Gasteiger partial charge >= 0.3 is 0 Å². The lowest BCUT2D eigenvalue weighted by Crippen LogP contribution is -2.46. The lowest BCUT2D eigenvalue weighted by atomic mass is 10.3. The second kappa shape index (κ2) is 6.87. The summed E-state index contributed by atoms with van der Waals surface area (Å²) in [4.78, 5) is 12.8. The molecule has 5 nitrogen and oxygen atoms in total. The fourth-order valence-electron chi connectivity index (χ4n) is 2.51. The quantitative estimate of drug-likeness (QED) is 0.866. The summed E-state index contributed by atoms with van der Waals surface area (Å²) in [6, 6.07) is 5.09. The van der Waals surface area contributed by atoms with Gasteiger partial charge in [-0.15, -0.1) is 0 Å². The normalized spacial score (nSPS) is 15.7. The molecule has 0 unspecified atom stereocenters. The second-order valence-corrected chi connectivity index (χ2v) is 5.31. The lowest BCUT2D eigenvalue weighted by molar-refractivity contribution is 0.270. The topological polar surface area (TPSA) is 41.5 Å². The number of aromatic nitrogens is 2. The largest absolute Gasteiger partial charge is 0.439 e. The van der Waals surface area contributed by atoms with Crippen LogP contribution in [0.4, 0.5) is 14.6 Å². The van der Waals surface area contributed by atoms with Crippen molar-refractivity contribution in [2.24, 2.45) is 0 Å². The number of anilines is 1. The standard InChI is InChI=1S/C16H18F2N4O/c1-2-21-5-7-22(8-6-21)15-10-16(20-11-19-15)23-12-3-4-13(17)14(18)9-12/h3-4,9-11H,2,5-8H2,1H3. The number of halogens is 2. The first-order chi connectivity index (χ1) is 11.2. The highest BCUT2D eigenvalue weighted by Gasteiger charge is 2.17. The van der Waals surface area contributed by atoms with Crippen LogP contribution in [0, 0.1) is 11.6 Å². The van der Waals surface area contributed by atoms with E-state index in [1.165, 1.54) is 12.4 Å². The smallest absolute Gasteiger partial charge is 0.224 e. The van der Waals surface area contributed by atoms with Crippen molar-refractivity contribution < 1.29 is 13.5 Å². The number of nitrogens with zero attached hydrogens (tertiary/aromatic N) is 4. The SMILES string of the molecule is CCN1CCN(c2cc(Oc3ccc(F)c(F)c3)ncn2)CC1. The van der Waals surface area contributed by atoms with Gasteiger partial charge in [-0.2, -0.15) is 0 Å². The first kappa shape index (κ1) is 15.6. The van der Waals surface area contributed by atoms with Crippen molar-refractivity contribution in [1.29, 1.82) is 0 Å². The van der Waals surface area contributed by atoms with E-state index in [4.69, 9.17) is 4.74 Å². The van der Waals surface area contributed by atoms with Gasteiger partial charge < -0.3 is 14.5 Å². The minimum Gasteiger partial charge on any atom is -0.439 e. The number of likely N-dealkylation sites (N-methyl/N-ethyl adjacent to an activating group) is 1. The van der Waals surface area contributed by atoms with Gasteiger partial charge in [-0.3, -0.25) is 0 Å². The second-order valence-electron chi connectivity index (χ2n) is 5.31. The van der Waals surface area contributed by atoms with Crippen molar-refractivity contribution >= 4 is 5.82 Å². The summed E-state index contributed by atoms with van der Waals surface area (Å²) < 4.78 is 31.7. The van der Waals surface area contributed by atoms with Gasteiger partial charge in [0, 0.05) is 38.3 Å². The molecule has 1 aromatic heterocycles. The Hall–Kier alpha value is -2.28. The summed E-state index contributed by atoms with van der Waals surface area (Å²) in [5.74, 6) is -0.585. The van der Waals surface area contributed by atoms with Gasteiger partial charge in [-0.25, -0.2) is 18.7 Å². The Balaban J connectivity index is 1.71.